The topological polar surface area (TPSA) is 68.7 Å². The fourth-order valence-corrected chi connectivity index (χ4v) is 3.32. The van der Waals surface area contributed by atoms with Gasteiger partial charge in [0.15, 0.2) is 5.96 Å². The van der Waals surface area contributed by atoms with E-state index in [1.165, 1.54) is 0 Å². The van der Waals surface area contributed by atoms with Crippen LogP contribution in [0.15, 0.2) is 41.7 Å². The van der Waals surface area contributed by atoms with Crippen LogP contribution in [0.5, 0.6) is 0 Å². The third-order valence-corrected chi connectivity index (χ3v) is 4.97. The van der Waals surface area contributed by atoms with Gasteiger partial charge in [0.1, 0.15) is 5.82 Å². The van der Waals surface area contributed by atoms with Crippen LogP contribution < -0.4 is 15.5 Å². The van der Waals surface area contributed by atoms with E-state index in [1.54, 1.807) is 25.5 Å². The average molecular weight is 439 g/mol. The molecule has 2 aromatic rings. The molecule has 0 atom stereocenters. The SMILES string of the molecule is CN=C(NCCN1CCN(c2ncccn2)CC1)NCc1ccc(F)cc1C(F)(F)F. The number of nitrogens with zero attached hydrogens (tertiary/aromatic N) is 5. The summed E-state index contributed by atoms with van der Waals surface area (Å²) in [5.41, 5.74) is -1.04. The van der Waals surface area contributed by atoms with E-state index < -0.39 is 17.6 Å². The van der Waals surface area contributed by atoms with Crippen molar-refractivity contribution in [1.29, 1.82) is 0 Å². The molecule has 1 aliphatic heterocycles. The minimum atomic E-state index is -4.62. The first kappa shape index (κ1) is 22.7. The van der Waals surface area contributed by atoms with Crippen LogP contribution in [0.1, 0.15) is 11.1 Å². The molecule has 3 rings (SSSR count). The Labute approximate surface area is 178 Å². The second-order valence-corrected chi connectivity index (χ2v) is 7.03. The fraction of sp³-hybridized carbons (Fsp3) is 0.450. The molecule has 0 radical (unpaired) electrons. The molecule has 0 spiro atoms. The van der Waals surface area contributed by atoms with Gasteiger partial charge in [-0.25, -0.2) is 14.4 Å². The number of halogens is 4. The van der Waals surface area contributed by atoms with Gasteiger partial charge in [0.05, 0.1) is 5.56 Å². The predicted octanol–water partition coefficient (Wildman–Crippen LogP) is 2.12. The molecule has 168 valence electrons. The number of aliphatic imine (C=N–C) groups is 1. The van der Waals surface area contributed by atoms with Crippen LogP contribution >= 0.6 is 0 Å². The van der Waals surface area contributed by atoms with Crippen LogP contribution in [-0.2, 0) is 12.7 Å². The molecule has 2 heterocycles. The number of anilines is 1. The van der Waals surface area contributed by atoms with Crippen molar-refractivity contribution in [2.24, 2.45) is 4.99 Å². The van der Waals surface area contributed by atoms with Crippen LogP contribution in [0, 0.1) is 5.82 Å². The summed E-state index contributed by atoms with van der Waals surface area (Å²) in [4.78, 5) is 17.0. The zero-order chi connectivity index (χ0) is 22.3. The smallest absolute Gasteiger partial charge is 0.355 e. The van der Waals surface area contributed by atoms with Crippen molar-refractivity contribution in [1.82, 2.24) is 25.5 Å². The van der Waals surface area contributed by atoms with Gasteiger partial charge in [-0.05, 0) is 23.8 Å². The van der Waals surface area contributed by atoms with Crippen LogP contribution in [0.3, 0.4) is 0 Å². The molecule has 1 saturated heterocycles. The molecular weight excluding hydrogens is 414 g/mol. The molecule has 1 aromatic carbocycles. The monoisotopic (exact) mass is 439 g/mol. The third-order valence-electron chi connectivity index (χ3n) is 4.97. The highest BCUT2D eigenvalue weighted by Crippen LogP contribution is 2.32. The number of piperazine rings is 1. The molecule has 1 fully saturated rings. The highest BCUT2D eigenvalue weighted by atomic mass is 19.4. The van der Waals surface area contributed by atoms with Crippen LogP contribution in [-0.4, -0.2) is 67.1 Å². The van der Waals surface area contributed by atoms with Gasteiger partial charge < -0.3 is 15.5 Å². The lowest BCUT2D eigenvalue weighted by Crippen LogP contribution is -2.49. The Bertz CT molecular complexity index is 866. The van der Waals surface area contributed by atoms with Gasteiger partial charge in [0, 0.05) is 65.3 Å². The Kier molecular flexibility index (Phi) is 7.61. The molecule has 0 saturated carbocycles. The van der Waals surface area contributed by atoms with Gasteiger partial charge in [-0.2, -0.15) is 13.2 Å². The lowest BCUT2D eigenvalue weighted by atomic mass is 10.1. The molecule has 0 aliphatic carbocycles. The first-order chi connectivity index (χ1) is 14.9. The summed E-state index contributed by atoms with van der Waals surface area (Å²) in [6.07, 6.45) is -1.18. The van der Waals surface area contributed by atoms with E-state index in [1.807, 2.05) is 0 Å². The Morgan fingerprint density at radius 2 is 1.81 bits per heavy atom. The van der Waals surface area contributed by atoms with E-state index in [2.05, 4.69) is 35.4 Å². The van der Waals surface area contributed by atoms with Crippen molar-refractivity contribution < 1.29 is 17.6 Å². The highest BCUT2D eigenvalue weighted by Gasteiger charge is 2.33. The van der Waals surface area contributed by atoms with E-state index >= 15 is 0 Å². The zero-order valence-corrected chi connectivity index (χ0v) is 17.2. The van der Waals surface area contributed by atoms with Crippen LogP contribution in [0.4, 0.5) is 23.5 Å². The van der Waals surface area contributed by atoms with E-state index in [4.69, 9.17) is 0 Å². The molecular formula is C20H25F4N7. The maximum absolute atomic E-state index is 13.2. The summed E-state index contributed by atoms with van der Waals surface area (Å²) in [6.45, 7) is 4.58. The van der Waals surface area contributed by atoms with Gasteiger partial charge >= 0.3 is 6.18 Å². The largest absolute Gasteiger partial charge is 0.416 e. The van der Waals surface area contributed by atoms with E-state index in [9.17, 15) is 17.6 Å². The van der Waals surface area contributed by atoms with Crippen molar-refractivity contribution >= 4 is 11.9 Å². The summed E-state index contributed by atoms with van der Waals surface area (Å²) in [5.74, 6) is 0.190. The molecule has 0 amide bonds. The summed E-state index contributed by atoms with van der Waals surface area (Å²) in [5, 5.41) is 5.96. The summed E-state index contributed by atoms with van der Waals surface area (Å²) in [6, 6.07) is 4.44. The first-order valence-corrected chi connectivity index (χ1v) is 9.91. The highest BCUT2D eigenvalue weighted by molar-refractivity contribution is 5.79. The predicted molar refractivity (Wildman–Crippen MR) is 110 cm³/mol. The number of rotatable bonds is 6. The Hall–Kier alpha value is -2.95. The molecule has 7 nitrogen and oxygen atoms in total. The summed E-state index contributed by atoms with van der Waals surface area (Å²) >= 11 is 0. The van der Waals surface area contributed by atoms with E-state index in [0.29, 0.717) is 18.6 Å². The maximum atomic E-state index is 13.2. The van der Waals surface area contributed by atoms with Crippen molar-refractivity contribution in [2.45, 2.75) is 12.7 Å². The van der Waals surface area contributed by atoms with Crippen LogP contribution in [0.2, 0.25) is 0 Å². The average Bonchev–Trinajstić information content (AvgIpc) is 2.77. The zero-order valence-electron chi connectivity index (χ0n) is 17.2. The number of alkyl halides is 3. The Balaban J connectivity index is 1.43. The Morgan fingerprint density at radius 3 is 2.45 bits per heavy atom. The standard InChI is InChI=1S/C20H25F4N7/c1-25-18(29-14-15-3-4-16(21)13-17(15)20(22,23)24)26-7-8-30-9-11-31(12-10-30)19-27-5-2-6-28-19/h2-6,13H,7-12,14H2,1H3,(H2,25,26,29). The van der Waals surface area contributed by atoms with Gasteiger partial charge in [0.25, 0.3) is 0 Å². The molecule has 11 heteroatoms. The van der Waals surface area contributed by atoms with Gasteiger partial charge in [-0.15, -0.1) is 0 Å². The number of benzene rings is 1. The quantitative estimate of drug-likeness (QED) is 0.408. The molecule has 1 aliphatic rings. The second kappa shape index (κ2) is 10.4. The van der Waals surface area contributed by atoms with E-state index in [0.717, 1.165) is 50.8 Å². The lowest BCUT2D eigenvalue weighted by Gasteiger charge is -2.34. The number of hydrogen-bond acceptors (Lipinski definition) is 5. The number of hydrogen-bond donors (Lipinski definition) is 2. The molecule has 0 unspecified atom stereocenters. The van der Waals surface area contributed by atoms with Gasteiger partial charge in [-0.3, -0.25) is 9.89 Å². The van der Waals surface area contributed by atoms with Crippen molar-refractivity contribution in [2.75, 3.05) is 51.2 Å². The minimum absolute atomic E-state index is 0.0453. The van der Waals surface area contributed by atoms with Gasteiger partial charge in [0.2, 0.25) is 5.95 Å². The molecule has 31 heavy (non-hydrogen) atoms. The minimum Gasteiger partial charge on any atom is -0.355 e. The number of aromatic nitrogens is 2. The second-order valence-electron chi connectivity index (χ2n) is 7.03. The van der Waals surface area contributed by atoms with Gasteiger partial charge in [-0.1, -0.05) is 6.07 Å². The summed E-state index contributed by atoms with van der Waals surface area (Å²) < 4.78 is 52.6. The fourth-order valence-electron chi connectivity index (χ4n) is 3.32. The normalized spacial score (nSPS) is 15.8. The summed E-state index contributed by atoms with van der Waals surface area (Å²) in [7, 11) is 1.54. The third kappa shape index (κ3) is 6.51. The number of guanidine groups is 1. The van der Waals surface area contributed by atoms with E-state index in [-0.39, 0.29) is 12.1 Å². The van der Waals surface area contributed by atoms with Crippen LogP contribution in [0.25, 0.3) is 0 Å². The van der Waals surface area contributed by atoms with Crippen molar-refractivity contribution in [3.8, 4) is 0 Å². The molecule has 1 aromatic heterocycles. The molecule has 0 bridgehead atoms. The first-order valence-electron chi connectivity index (χ1n) is 9.91. The number of nitrogens with one attached hydrogen (secondary N) is 2. The molecule has 2 N–H and O–H groups in total. The van der Waals surface area contributed by atoms with Crippen molar-refractivity contribution in [3.63, 3.8) is 0 Å². The Morgan fingerprint density at radius 1 is 1.10 bits per heavy atom. The maximum Gasteiger partial charge on any atom is 0.416 e. The lowest BCUT2D eigenvalue weighted by molar-refractivity contribution is -0.138. The van der Waals surface area contributed by atoms with Crippen molar-refractivity contribution in [3.05, 3.63) is 53.6 Å².